The molecule has 2 rings (SSSR count). The van der Waals surface area contributed by atoms with Gasteiger partial charge < -0.3 is 10.4 Å². The molecule has 3 nitrogen and oxygen atoms in total. The smallest absolute Gasteiger partial charge is 0.251 e. The maximum atomic E-state index is 12.3. The normalized spacial score (nSPS) is 17.8. The number of hydrogen-bond acceptors (Lipinski definition) is 2. The summed E-state index contributed by atoms with van der Waals surface area (Å²) in [6.45, 7) is 4.75. The van der Waals surface area contributed by atoms with E-state index in [9.17, 15) is 9.90 Å². The third-order valence-corrected chi connectivity index (χ3v) is 4.36. The van der Waals surface area contributed by atoms with E-state index in [-0.39, 0.29) is 17.9 Å². The van der Waals surface area contributed by atoms with Gasteiger partial charge >= 0.3 is 0 Å². The van der Waals surface area contributed by atoms with Crippen molar-refractivity contribution in [3.05, 3.63) is 34.9 Å². The highest BCUT2D eigenvalue weighted by molar-refractivity contribution is 5.94. The first-order valence-electron chi connectivity index (χ1n) is 7.52. The van der Waals surface area contributed by atoms with Crippen LogP contribution in [-0.4, -0.2) is 24.2 Å². The minimum atomic E-state index is -0.104. The molecule has 0 atom stereocenters. The molecule has 1 aromatic carbocycles. The number of nitrogens with one attached hydrogen (secondary N) is 1. The van der Waals surface area contributed by atoms with Crippen LogP contribution in [0.3, 0.4) is 0 Å². The number of benzene rings is 1. The molecule has 1 aliphatic rings. The van der Waals surface area contributed by atoms with Gasteiger partial charge in [-0.25, -0.2) is 0 Å². The second-order valence-corrected chi connectivity index (χ2v) is 6.28. The average Bonchev–Trinajstić information content (AvgIpc) is 2.45. The lowest BCUT2D eigenvalue weighted by atomic mass is 9.74. The van der Waals surface area contributed by atoms with Gasteiger partial charge in [0.25, 0.3) is 5.91 Å². The van der Waals surface area contributed by atoms with E-state index in [2.05, 4.69) is 11.4 Å². The van der Waals surface area contributed by atoms with Gasteiger partial charge in [0.1, 0.15) is 0 Å². The number of amides is 1. The van der Waals surface area contributed by atoms with Crippen LogP contribution < -0.4 is 5.32 Å². The van der Waals surface area contributed by atoms with E-state index in [0.717, 1.165) is 36.8 Å². The molecule has 110 valence electrons. The van der Waals surface area contributed by atoms with E-state index in [0.29, 0.717) is 12.1 Å². The van der Waals surface area contributed by atoms with Crippen LogP contribution in [0.4, 0.5) is 0 Å². The van der Waals surface area contributed by atoms with Crippen molar-refractivity contribution in [2.75, 3.05) is 13.2 Å². The maximum absolute atomic E-state index is 12.3. The summed E-state index contributed by atoms with van der Waals surface area (Å²) in [7, 11) is 0. The van der Waals surface area contributed by atoms with Crippen LogP contribution in [0.25, 0.3) is 0 Å². The van der Waals surface area contributed by atoms with Gasteiger partial charge in [-0.05, 0) is 38.8 Å². The molecule has 1 aliphatic carbocycles. The van der Waals surface area contributed by atoms with Crippen molar-refractivity contribution >= 4 is 5.91 Å². The largest absolute Gasteiger partial charge is 0.396 e. The summed E-state index contributed by atoms with van der Waals surface area (Å²) in [5, 5.41) is 12.7. The van der Waals surface area contributed by atoms with Gasteiger partial charge in [-0.1, -0.05) is 36.5 Å². The van der Waals surface area contributed by atoms with Crippen LogP contribution in [0.15, 0.2) is 18.2 Å². The van der Waals surface area contributed by atoms with Crippen LogP contribution in [0, 0.1) is 19.3 Å². The van der Waals surface area contributed by atoms with Gasteiger partial charge in [0.15, 0.2) is 0 Å². The Morgan fingerprint density at radius 2 is 1.75 bits per heavy atom. The first-order valence-corrected chi connectivity index (χ1v) is 7.52. The van der Waals surface area contributed by atoms with Crippen molar-refractivity contribution in [1.29, 1.82) is 0 Å². The standard InChI is InChI=1S/C17H25NO2/c1-13-8-14(2)10-15(9-13)16(20)18-11-17(12-19)6-4-3-5-7-17/h8-10,19H,3-7,11-12H2,1-2H3,(H,18,20). The molecule has 0 bridgehead atoms. The Kier molecular flexibility index (Phi) is 4.81. The zero-order valence-electron chi connectivity index (χ0n) is 12.5. The minimum Gasteiger partial charge on any atom is -0.396 e. The molecule has 0 unspecified atom stereocenters. The second kappa shape index (κ2) is 6.40. The molecule has 0 heterocycles. The zero-order valence-corrected chi connectivity index (χ0v) is 12.5. The first kappa shape index (κ1) is 15.0. The highest BCUT2D eigenvalue weighted by atomic mass is 16.3. The summed E-state index contributed by atoms with van der Waals surface area (Å²) in [5.74, 6) is -0.0322. The number of aliphatic hydroxyl groups is 1. The van der Waals surface area contributed by atoms with Crippen LogP contribution in [-0.2, 0) is 0 Å². The molecule has 1 amide bonds. The summed E-state index contributed by atoms with van der Waals surface area (Å²) >= 11 is 0. The average molecular weight is 275 g/mol. The number of hydrogen-bond donors (Lipinski definition) is 2. The monoisotopic (exact) mass is 275 g/mol. The lowest BCUT2D eigenvalue weighted by molar-refractivity contribution is 0.0718. The van der Waals surface area contributed by atoms with Crippen LogP contribution >= 0.6 is 0 Å². The lowest BCUT2D eigenvalue weighted by Crippen LogP contribution is -2.41. The van der Waals surface area contributed by atoms with E-state index in [1.165, 1.54) is 6.42 Å². The Balaban J connectivity index is 2.00. The summed E-state index contributed by atoms with van der Waals surface area (Å²) in [4.78, 5) is 12.3. The molecule has 20 heavy (non-hydrogen) atoms. The predicted octanol–water partition coefficient (Wildman–Crippen LogP) is 2.98. The SMILES string of the molecule is Cc1cc(C)cc(C(=O)NCC2(CO)CCCCC2)c1. The quantitative estimate of drug-likeness (QED) is 0.887. The summed E-state index contributed by atoms with van der Waals surface area (Å²) in [6, 6.07) is 5.89. The molecule has 0 aliphatic heterocycles. The number of rotatable bonds is 4. The molecule has 3 heteroatoms. The molecule has 0 radical (unpaired) electrons. The summed E-state index contributed by atoms with van der Waals surface area (Å²) in [5.41, 5.74) is 2.81. The van der Waals surface area contributed by atoms with Gasteiger partial charge in [0, 0.05) is 17.5 Å². The molecular formula is C17H25NO2. The summed E-state index contributed by atoms with van der Waals surface area (Å²) < 4.78 is 0. The maximum Gasteiger partial charge on any atom is 0.251 e. The number of carbonyl (C=O) groups is 1. The number of carbonyl (C=O) groups excluding carboxylic acids is 1. The molecule has 1 aromatic rings. The van der Waals surface area contributed by atoms with Gasteiger partial charge in [0.2, 0.25) is 0 Å². The van der Waals surface area contributed by atoms with Gasteiger partial charge in [-0.3, -0.25) is 4.79 Å². The summed E-state index contributed by atoms with van der Waals surface area (Å²) in [6.07, 6.45) is 5.57. The molecule has 0 saturated heterocycles. The number of aryl methyl sites for hydroxylation is 2. The fraction of sp³-hybridized carbons (Fsp3) is 0.588. The van der Waals surface area contributed by atoms with E-state index in [4.69, 9.17) is 0 Å². The Labute approximate surface area is 121 Å². The van der Waals surface area contributed by atoms with Crippen LogP contribution in [0.5, 0.6) is 0 Å². The Morgan fingerprint density at radius 3 is 2.30 bits per heavy atom. The minimum absolute atomic E-state index is 0.0322. The van der Waals surface area contributed by atoms with E-state index in [1.54, 1.807) is 0 Å². The van der Waals surface area contributed by atoms with Crippen molar-refractivity contribution in [2.24, 2.45) is 5.41 Å². The highest BCUT2D eigenvalue weighted by Crippen LogP contribution is 2.35. The molecule has 1 saturated carbocycles. The highest BCUT2D eigenvalue weighted by Gasteiger charge is 2.31. The van der Waals surface area contributed by atoms with Gasteiger partial charge in [-0.15, -0.1) is 0 Å². The topological polar surface area (TPSA) is 49.3 Å². The fourth-order valence-corrected chi connectivity index (χ4v) is 3.17. The number of aliphatic hydroxyl groups excluding tert-OH is 1. The third kappa shape index (κ3) is 3.60. The van der Waals surface area contributed by atoms with Crippen molar-refractivity contribution in [2.45, 2.75) is 46.0 Å². The molecule has 1 fully saturated rings. The van der Waals surface area contributed by atoms with Crippen molar-refractivity contribution < 1.29 is 9.90 Å². The zero-order chi connectivity index (χ0) is 14.6. The molecule has 2 N–H and O–H groups in total. The Hall–Kier alpha value is -1.35. The lowest BCUT2D eigenvalue weighted by Gasteiger charge is -2.35. The predicted molar refractivity (Wildman–Crippen MR) is 80.9 cm³/mol. The van der Waals surface area contributed by atoms with Crippen LogP contribution in [0.2, 0.25) is 0 Å². The van der Waals surface area contributed by atoms with Crippen molar-refractivity contribution in [3.8, 4) is 0 Å². The second-order valence-electron chi connectivity index (χ2n) is 6.28. The van der Waals surface area contributed by atoms with E-state index >= 15 is 0 Å². The van der Waals surface area contributed by atoms with Crippen molar-refractivity contribution in [1.82, 2.24) is 5.32 Å². The van der Waals surface area contributed by atoms with E-state index < -0.39 is 0 Å². The van der Waals surface area contributed by atoms with Crippen molar-refractivity contribution in [3.63, 3.8) is 0 Å². The molecular weight excluding hydrogens is 250 g/mol. The van der Waals surface area contributed by atoms with E-state index in [1.807, 2.05) is 26.0 Å². The van der Waals surface area contributed by atoms with Gasteiger partial charge in [-0.2, -0.15) is 0 Å². The third-order valence-electron chi connectivity index (χ3n) is 4.36. The van der Waals surface area contributed by atoms with Crippen LogP contribution in [0.1, 0.15) is 53.6 Å². The Morgan fingerprint density at radius 1 is 1.15 bits per heavy atom. The van der Waals surface area contributed by atoms with Gasteiger partial charge in [0.05, 0.1) is 6.61 Å². The fourth-order valence-electron chi connectivity index (χ4n) is 3.17. The first-order chi connectivity index (χ1) is 9.54. The molecule has 0 aromatic heterocycles. The molecule has 0 spiro atoms. The Bertz CT molecular complexity index is 456.